The zero-order valence-electron chi connectivity index (χ0n) is 19.2. The van der Waals surface area contributed by atoms with Crippen LogP contribution in [-0.2, 0) is 14.3 Å². The zero-order valence-corrected chi connectivity index (χ0v) is 19.2. The van der Waals surface area contributed by atoms with Crippen molar-refractivity contribution in [2.75, 3.05) is 11.5 Å². The first kappa shape index (κ1) is 21.8. The van der Waals surface area contributed by atoms with Crippen LogP contribution in [0.5, 0.6) is 0 Å². The molecule has 2 aromatic rings. The van der Waals surface area contributed by atoms with E-state index in [4.69, 9.17) is 14.6 Å². The van der Waals surface area contributed by atoms with Crippen molar-refractivity contribution in [1.82, 2.24) is 10.3 Å². The van der Waals surface area contributed by atoms with Crippen LogP contribution in [-0.4, -0.2) is 46.8 Å². The molecule has 4 unspecified atom stereocenters. The molecule has 6 rings (SSSR count). The number of ether oxygens (including phenoxy) is 2. The fraction of sp³-hybridized carbons (Fsp3) is 0.423. The molecule has 1 amide bonds. The van der Waals surface area contributed by atoms with Gasteiger partial charge in [0.05, 0.1) is 11.7 Å². The van der Waals surface area contributed by atoms with Crippen LogP contribution in [0, 0.1) is 5.92 Å². The maximum atomic E-state index is 13.1. The second kappa shape index (κ2) is 8.79. The number of fused-ring (bicyclic) bond motifs is 2. The van der Waals surface area contributed by atoms with Gasteiger partial charge >= 0.3 is 18.1 Å². The van der Waals surface area contributed by atoms with Crippen molar-refractivity contribution < 1.29 is 24.2 Å². The molecule has 2 aromatic carbocycles. The lowest BCUT2D eigenvalue weighted by Crippen LogP contribution is -2.53. The minimum atomic E-state index is -1.15. The highest BCUT2D eigenvalue weighted by atomic mass is 16.6. The van der Waals surface area contributed by atoms with Gasteiger partial charge in [-0.15, -0.1) is 5.10 Å². The topological polar surface area (TPSA) is 104 Å². The first-order valence-electron chi connectivity index (χ1n) is 12.2. The van der Waals surface area contributed by atoms with Crippen LogP contribution in [0.2, 0.25) is 0 Å². The van der Waals surface area contributed by atoms with Gasteiger partial charge in [-0.25, -0.2) is 9.59 Å². The van der Waals surface area contributed by atoms with Crippen LogP contribution in [0.4, 0.5) is 10.5 Å². The van der Waals surface area contributed by atoms with Gasteiger partial charge in [0.15, 0.2) is 6.61 Å². The summed E-state index contributed by atoms with van der Waals surface area (Å²) in [7, 11) is 0. The molecule has 0 saturated heterocycles. The van der Waals surface area contributed by atoms with Crippen molar-refractivity contribution in [3.8, 4) is 0 Å². The van der Waals surface area contributed by atoms with Crippen molar-refractivity contribution in [1.29, 1.82) is 0 Å². The van der Waals surface area contributed by atoms with Gasteiger partial charge in [-0.3, -0.25) is 15.2 Å². The first-order valence-corrected chi connectivity index (χ1v) is 12.2. The number of carbonyl (C=O) groups is 2. The van der Waals surface area contributed by atoms with Crippen LogP contribution in [0.25, 0.3) is 0 Å². The highest BCUT2D eigenvalue weighted by Gasteiger charge is 2.52. The number of anilines is 1. The lowest BCUT2D eigenvalue weighted by atomic mass is 9.82. The third kappa shape index (κ3) is 3.94. The number of rotatable bonds is 5. The molecule has 2 fully saturated rings. The number of para-hydroxylation sites is 1. The van der Waals surface area contributed by atoms with E-state index >= 15 is 0 Å². The predicted molar refractivity (Wildman–Crippen MR) is 127 cm³/mol. The second-order valence-electron chi connectivity index (χ2n) is 9.55. The van der Waals surface area contributed by atoms with E-state index in [0.29, 0.717) is 6.02 Å². The SMILES string of the molecule is O=C(O)COC(=O)N(C1CC1)C1c2ccccc2N(C2=NNC(c3ccccc3)O2)C2CCCC21. The molecular weight excluding hydrogens is 448 g/mol. The molecule has 182 valence electrons. The van der Waals surface area contributed by atoms with Gasteiger partial charge in [-0.05, 0) is 37.3 Å². The van der Waals surface area contributed by atoms with Crippen molar-refractivity contribution in [2.45, 2.75) is 56.5 Å². The first-order chi connectivity index (χ1) is 17.1. The fourth-order valence-corrected chi connectivity index (χ4v) is 5.82. The van der Waals surface area contributed by atoms with Gasteiger partial charge in [-0.1, -0.05) is 55.0 Å². The molecule has 2 aliphatic heterocycles. The molecule has 0 bridgehead atoms. The van der Waals surface area contributed by atoms with E-state index in [0.717, 1.165) is 48.9 Å². The van der Waals surface area contributed by atoms with Crippen molar-refractivity contribution in [3.05, 3.63) is 65.7 Å². The number of amidine groups is 1. The van der Waals surface area contributed by atoms with E-state index in [-0.39, 0.29) is 30.3 Å². The number of carboxylic acid groups (broad SMARTS) is 1. The van der Waals surface area contributed by atoms with Crippen molar-refractivity contribution in [2.24, 2.45) is 11.0 Å². The Labute approximate surface area is 203 Å². The lowest BCUT2D eigenvalue weighted by Gasteiger charge is -2.47. The summed E-state index contributed by atoms with van der Waals surface area (Å²) in [6.45, 7) is -0.631. The number of carbonyl (C=O) groups excluding carboxylic acids is 1. The number of hydrogen-bond donors (Lipinski definition) is 2. The van der Waals surface area contributed by atoms with E-state index in [9.17, 15) is 9.59 Å². The molecule has 9 nitrogen and oxygen atoms in total. The summed E-state index contributed by atoms with van der Waals surface area (Å²) in [5.74, 6) is -0.995. The van der Waals surface area contributed by atoms with E-state index in [1.807, 2.05) is 53.4 Å². The number of aliphatic carboxylic acids is 1. The summed E-state index contributed by atoms with van der Waals surface area (Å²) in [6.07, 6.45) is 3.84. The fourth-order valence-electron chi connectivity index (χ4n) is 5.82. The Morgan fingerprint density at radius 1 is 1.09 bits per heavy atom. The molecule has 35 heavy (non-hydrogen) atoms. The van der Waals surface area contributed by atoms with Gasteiger partial charge < -0.3 is 14.6 Å². The maximum absolute atomic E-state index is 13.1. The number of hydrogen-bond acceptors (Lipinski definition) is 7. The molecular formula is C26H28N4O5. The molecule has 4 aliphatic rings. The highest BCUT2D eigenvalue weighted by molar-refractivity contribution is 5.95. The number of nitrogens with zero attached hydrogens (tertiary/aromatic N) is 3. The standard InChI is InChI=1S/C26H28N4O5/c31-22(32)15-34-26(33)29(17-13-14-17)23-18-9-4-5-11-20(18)30(21-12-6-10-19(21)23)25-28-27-24(35-25)16-7-2-1-3-8-16/h1-5,7-9,11,17,19,21,23-24,27H,6,10,12-15H2,(H,31,32). The van der Waals surface area contributed by atoms with E-state index < -0.39 is 18.7 Å². The van der Waals surface area contributed by atoms with Crippen LogP contribution in [0.1, 0.15) is 55.5 Å². The van der Waals surface area contributed by atoms with Crippen LogP contribution in [0.3, 0.4) is 0 Å². The summed E-state index contributed by atoms with van der Waals surface area (Å²) in [5.41, 5.74) is 6.10. The summed E-state index contributed by atoms with van der Waals surface area (Å²) in [4.78, 5) is 28.2. The second-order valence-corrected chi connectivity index (χ2v) is 9.55. The van der Waals surface area contributed by atoms with Crippen LogP contribution < -0.4 is 10.3 Å². The van der Waals surface area contributed by atoms with Crippen LogP contribution >= 0.6 is 0 Å². The molecule has 9 heteroatoms. The largest absolute Gasteiger partial charge is 0.479 e. The Kier molecular flexibility index (Phi) is 5.47. The molecule has 2 aliphatic carbocycles. The van der Waals surface area contributed by atoms with E-state index in [1.54, 1.807) is 0 Å². The maximum Gasteiger partial charge on any atom is 0.411 e. The van der Waals surface area contributed by atoms with Crippen LogP contribution in [0.15, 0.2) is 59.7 Å². The average molecular weight is 477 g/mol. The summed E-state index contributed by atoms with van der Waals surface area (Å²) >= 11 is 0. The normalized spacial score (nSPS) is 26.6. The van der Waals surface area contributed by atoms with Gasteiger partial charge in [0.1, 0.15) is 0 Å². The minimum Gasteiger partial charge on any atom is -0.479 e. The van der Waals surface area contributed by atoms with Crippen molar-refractivity contribution >= 4 is 23.8 Å². The lowest BCUT2D eigenvalue weighted by molar-refractivity contribution is -0.140. The summed E-state index contributed by atoms with van der Waals surface area (Å²) in [5, 5.41) is 13.6. The summed E-state index contributed by atoms with van der Waals surface area (Å²) < 4.78 is 11.5. The van der Waals surface area contributed by atoms with Crippen molar-refractivity contribution in [3.63, 3.8) is 0 Å². The van der Waals surface area contributed by atoms with Gasteiger partial charge in [0.25, 0.3) is 0 Å². The number of carboxylic acids is 1. The number of amides is 1. The molecule has 2 N–H and O–H groups in total. The summed E-state index contributed by atoms with van der Waals surface area (Å²) in [6, 6.07) is 18.5. The number of hydrazone groups is 1. The molecule has 2 saturated carbocycles. The van der Waals surface area contributed by atoms with Gasteiger partial charge in [0, 0.05) is 23.6 Å². The quantitative estimate of drug-likeness (QED) is 0.672. The van der Waals surface area contributed by atoms with Gasteiger partial charge in [-0.2, -0.15) is 0 Å². The number of nitrogens with one attached hydrogen (secondary N) is 1. The molecule has 4 atom stereocenters. The Hall–Kier alpha value is -3.75. The smallest absolute Gasteiger partial charge is 0.411 e. The van der Waals surface area contributed by atoms with Gasteiger partial charge in [0.2, 0.25) is 6.23 Å². The molecule has 0 spiro atoms. The predicted octanol–water partition coefficient (Wildman–Crippen LogP) is 3.99. The Bertz CT molecular complexity index is 1150. The minimum absolute atomic E-state index is 0.0753. The average Bonchev–Trinajstić information content (AvgIpc) is 3.37. The monoisotopic (exact) mass is 476 g/mol. The third-order valence-electron chi connectivity index (χ3n) is 7.36. The Balaban J connectivity index is 1.34. The van der Waals surface area contributed by atoms with E-state index in [2.05, 4.69) is 21.5 Å². The molecule has 2 heterocycles. The molecule has 0 radical (unpaired) electrons. The third-order valence-corrected chi connectivity index (χ3v) is 7.36. The Morgan fingerprint density at radius 2 is 1.86 bits per heavy atom. The number of benzene rings is 2. The Morgan fingerprint density at radius 3 is 2.63 bits per heavy atom. The van der Waals surface area contributed by atoms with E-state index in [1.165, 1.54) is 0 Å². The zero-order chi connectivity index (χ0) is 23.9. The molecule has 0 aromatic heterocycles. The highest BCUT2D eigenvalue weighted by Crippen LogP contribution is 2.53.